The SMILES string of the molecule is COc1ccc2ccc(Nc3ncnc(C(=O)N4CCC(N[C@H]5CCOCC5OC)CC4)c3C)cc2c1. The second-order valence-electron chi connectivity index (χ2n) is 9.73. The van der Waals surface area contributed by atoms with Gasteiger partial charge in [-0.2, -0.15) is 0 Å². The topological polar surface area (TPSA) is 97.8 Å². The number of carbonyl (C=O) groups is 1. The van der Waals surface area contributed by atoms with E-state index in [4.69, 9.17) is 14.2 Å². The Hall–Kier alpha value is -3.27. The molecule has 2 N–H and O–H groups in total. The monoisotopic (exact) mass is 505 g/mol. The number of hydrogen-bond donors (Lipinski definition) is 2. The number of likely N-dealkylation sites (tertiary alicyclic amines) is 1. The standard InChI is InChI=1S/C28H35N5O4/c1-18-26(28(34)33-11-8-21(9-12-33)31-24-10-13-37-16-25(24)36-3)29-17-30-27(18)32-22-6-4-19-5-7-23(35-2)15-20(19)14-22/h4-7,14-15,17,21,24-25,31H,8-13,16H2,1-3H3,(H,29,30,32)/t24-,25?/m0/s1. The van der Waals surface area contributed by atoms with Gasteiger partial charge in [-0.25, -0.2) is 9.97 Å². The zero-order chi connectivity index (χ0) is 25.8. The van der Waals surface area contributed by atoms with Crippen LogP contribution in [0.25, 0.3) is 10.8 Å². The summed E-state index contributed by atoms with van der Waals surface area (Å²) < 4.78 is 16.5. The molecule has 3 aromatic rings. The van der Waals surface area contributed by atoms with E-state index in [1.165, 1.54) is 6.33 Å². The van der Waals surface area contributed by atoms with Gasteiger partial charge in [-0.05, 0) is 61.2 Å². The first-order valence-electron chi connectivity index (χ1n) is 12.9. The Labute approximate surface area is 217 Å². The van der Waals surface area contributed by atoms with Crippen LogP contribution in [0, 0.1) is 6.92 Å². The third-order valence-corrected chi connectivity index (χ3v) is 7.44. The number of hydrogen-bond acceptors (Lipinski definition) is 8. The molecule has 1 amide bonds. The van der Waals surface area contributed by atoms with Crippen molar-refractivity contribution in [2.45, 2.75) is 44.4 Å². The maximum absolute atomic E-state index is 13.4. The molecule has 196 valence electrons. The molecule has 2 fully saturated rings. The minimum atomic E-state index is -0.0505. The first kappa shape index (κ1) is 25.4. The van der Waals surface area contributed by atoms with Gasteiger partial charge in [-0.3, -0.25) is 4.79 Å². The average Bonchev–Trinajstić information content (AvgIpc) is 2.94. The predicted molar refractivity (Wildman–Crippen MR) is 143 cm³/mol. The molecule has 2 aliphatic rings. The molecule has 0 radical (unpaired) electrons. The van der Waals surface area contributed by atoms with Gasteiger partial charge in [0.25, 0.3) is 5.91 Å². The van der Waals surface area contributed by atoms with E-state index in [9.17, 15) is 4.79 Å². The fourth-order valence-corrected chi connectivity index (χ4v) is 5.19. The highest BCUT2D eigenvalue weighted by atomic mass is 16.5. The van der Waals surface area contributed by atoms with Crippen LogP contribution in [-0.2, 0) is 9.47 Å². The summed E-state index contributed by atoms with van der Waals surface area (Å²) in [6.45, 7) is 4.66. The summed E-state index contributed by atoms with van der Waals surface area (Å²) in [6, 6.07) is 12.7. The summed E-state index contributed by atoms with van der Waals surface area (Å²) in [5, 5.41) is 9.28. The summed E-state index contributed by atoms with van der Waals surface area (Å²) in [6.07, 6.45) is 4.27. The molecule has 3 heterocycles. The Morgan fingerprint density at radius 2 is 1.86 bits per heavy atom. The second-order valence-corrected chi connectivity index (χ2v) is 9.73. The Morgan fingerprint density at radius 3 is 2.65 bits per heavy atom. The molecule has 2 aromatic carbocycles. The highest BCUT2D eigenvalue weighted by molar-refractivity contribution is 5.95. The van der Waals surface area contributed by atoms with E-state index in [-0.39, 0.29) is 12.0 Å². The summed E-state index contributed by atoms with van der Waals surface area (Å²) in [5.74, 6) is 1.38. The van der Waals surface area contributed by atoms with E-state index in [0.717, 1.165) is 53.6 Å². The largest absolute Gasteiger partial charge is 0.497 e. The molecule has 2 aliphatic heterocycles. The number of ether oxygens (including phenoxy) is 3. The summed E-state index contributed by atoms with van der Waals surface area (Å²) in [4.78, 5) is 24.1. The number of amides is 1. The molecular weight excluding hydrogens is 470 g/mol. The fourth-order valence-electron chi connectivity index (χ4n) is 5.19. The molecule has 0 saturated carbocycles. The smallest absolute Gasteiger partial charge is 0.272 e. The highest BCUT2D eigenvalue weighted by Gasteiger charge is 2.31. The lowest BCUT2D eigenvalue weighted by atomic mass is 9.99. The van der Waals surface area contributed by atoms with E-state index in [1.807, 2.05) is 48.2 Å². The lowest BCUT2D eigenvalue weighted by Crippen LogP contribution is -2.54. The number of anilines is 2. The van der Waals surface area contributed by atoms with Gasteiger partial charge < -0.3 is 29.7 Å². The number of methoxy groups -OCH3 is 2. The van der Waals surface area contributed by atoms with Crippen molar-refractivity contribution in [1.82, 2.24) is 20.2 Å². The van der Waals surface area contributed by atoms with Crippen molar-refractivity contribution in [2.24, 2.45) is 0 Å². The molecule has 2 atom stereocenters. The van der Waals surface area contributed by atoms with Gasteiger partial charge in [0.05, 0.1) is 19.8 Å². The molecule has 0 aliphatic carbocycles. The van der Waals surface area contributed by atoms with Crippen molar-refractivity contribution in [1.29, 1.82) is 0 Å². The number of aromatic nitrogens is 2. The zero-order valence-electron chi connectivity index (χ0n) is 21.7. The number of rotatable bonds is 7. The number of benzene rings is 2. The number of carbonyl (C=O) groups excluding carboxylic acids is 1. The second kappa shape index (κ2) is 11.4. The van der Waals surface area contributed by atoms with Crippen LogP contribution in [0.4, 0.5) is 11.5 Å². The predicted octanol–water partition coefficient (Wildman–Crippen LogP) is 3.69. The van der Waals surface area contributed by atoms with E-state index >= 15 is 0 Å². The van der Waals surface area contributed by atoms with Crippen LogP contribution >= 0.6 is 0 Å². The van der Waals surface area contributed by atoms with Gasteiger partial charge in [-0.1, -0.05) is 12.1 Å². The van der Waals surface area contributed by atoms with Crippen LogP contribution in [-0.4, -0.2) is 79.5 Å². The third-order valence-electron chi connectivity index (χ3n) is 7.44. The van der Waals surface area contributed by atoms with Gasteiger partial charge in [0.1, 0.15) is 23.6 Å². The van der Waals surface area contributed by atoms with E-state index in [1.54, 1.807) is 14.2 Å². The van der Waals surface area contributed by atoms with Crippen LogP contribution in [0.2, 0.25) is 0 Å². The Kier molecular flexibility index (Phi) is 7.83. The number of nitrogens with zero attached hydrogens (tertiary/aromatic N) is 3. The van der Waals surface area contributed by atoms with E-state index < -0.39 is 0 Å². The Balaban J connectivity index is 1.23. The van der Waals surface area contributed by atoms with Gasteiger partial charge in [0.15, 0.2) is 0 Å². The lowest BCUT2D eigenvalue weighted by Gasteiger charge is -2.38. The summed E-state index contributed by atoms with van der Waals surface area (Å²) in [5.41, 5.74) is 2.06. The van der Waals surface area contributed by atoms with Crippen LogP contribution in [0.5, 0.6) is 5.75 Å². The maximum Gasteiger partial charge on any atom is 0.272 e. The minimum absolute atomic E-state index is 0.0505. The Bertz CT molecular complexity index is 1240. The number of fused-ring (bicyclic) bond motifs is 1. The quantitative estimate of drug-likeness (QED) is 0.502. The van der Waals surface area contributed by atoms with Crippen LogP contribution in [0.15, 0.2) is 42.7 Å². The lowest BCUT2D eigenvalue weighted by molar-refractivity contribution is -0.0533. The highest BCUT2D eigenvalue weighted by Crippen LogP contribution is 2.27. The third kappa shape index (κ3) is 5.69. The number of piperidine rings is 1. The van der Waals surface area contributed by atoms with Crippen molar-refractivity contribution in [3.8, 4) is 5.75 Å². The molecule has 9 nitrogen and oxygen atoms in total. The van der Waals surface area contributed by atoms with Crippen molar-refractivity contribution >= 4 is 28.2 Å². The maximum atomic E-state index is 13.4. The van der Waals surface area contributed by atoms with Crippen LogP contribution in [0.1, 0.15) is 35.3 Å². The molecule has 0 bridgehead atoms. The van der Waals surface area contributed by atoms with Gasteiger partial charge in [-0.15, -0.1) is 0 Å². The first-order chi connectivity index (χ1) is 18.1. The van der Waals surface area contributed by atoms with E-state index in [0.29, 0.717) is 43.3 Å². The molecule has 5 rings (SSSR count). The molecule has 1 unspecified atom stereocenters. The normalized spacial score (nSPS) is 20.7. The minimum Gasteiger partial charge on any atom is -0.497 e. The zero-order valence-corrected chi connectivity index (χ0v) is 21.7. The van der Waals surface area contributed by atoms with Crippen LogP contribution < -0.4 is 15.4 Å². The molecule has 37 heavy (non-hydrogen) atoms. The van der Waals surface area contributed by atoms with E-state index in [2.05, 4.69) is 20.6 Å². The van der Waals surface area contributed by atoms with Gasteiger partial charge >= 0.3 is 0 Å². The Morgan fingerprint density at radius 1 is 1.05 bits per heavy atom. The molecule has 1 aromatic heterocycles. The van der Waals surface area contributed by atoms with Crippen molar-refractivity contribution in [3.05, 3.63) is 54.0 Å². The van der Waals surface area contributed by atoms with Crippen molar-refractivity contribution in [2.75, 3.05) is 45.8 Å². The van der Waals surface area contributed by atoms with Crippen LogP contribution in [0.3, 0.4) is 0 Å². The summed E-state index contributed by atoms with van der Waals surface area (Å²) in [7, 11) is 3.40. The van der Waals surface area contributed by atoms with Crippen molar-refractivity contribution < 1.29 is 19.0 Å². The average molecular weight is 506 g/mol. The molecule has 2 saturated heterocycles. The molecule has 9 heteroatoms. The van der Waals surface area contributed by atoms with Gasteiger partial charge in [0.2, 0.25) is 0 Å². The van der Waals surface area contributed by atoms with Crippen molar-refractivity contribution in [3.63, 3.8) is 0 Å². The molecule has 0 spiro atoms. The first-order valence-corrected chi connectivity index (χ1v) is 12.9. The number of nitrogens with one attached hydrogen (secondary N) is 2. The molecular formula is C28H35N5O4. The fraction of sp³-hybridized carbons (Fsp3) is 0.464. The van der Waals surface area contributed by atoms with Gasteiger partial charge in [0, 0.05) is 50.1 Å². The summed E-state index contributed by atoms with van der Waals surface area (Å²) >= 11 is 0.